The van der Waals surface area contributed by atoms with Crippen molar-refractivity contribution >= 4 is 34.2 Å². The Hall–Kier alpha value is -2.32. The number of hydrogen-bond acceptors (Lipinski definition) is 6. The normalized spacial score (nSPS) is 24.7. The van der Waals surface area contributed by atoms with Crippen LogP contribution in [0.1, 0.15) is 83.3 Å². The van der Waals surface area contributed by atoms with E-state index in [1.54, 1.807) is 0 Å². The van der Waals surface area contributed by atoms with Crippen LogP contribution in [0.25, 0.3) is 0 Å². The molecule has 7 nitrogen and oxygen atoms in total. The van der Waals surface area contributed by atoms with E-state index in [1.165, 1.54) is 38.8 Å². The molecular formula is C31H43N5O2S. The van der Waals surface area contributed by atoms with Crippen LogP contribution in [0.15, 0.2) is 29.3 Å². The molecule has 6 rings (SSSR count). The molecule has 1 saturated heterocycles. The Morgan fingerprint density at radius 3 is 2.51 bits per heavy atom. The molecule has 210 valence electrons. The van der Waals surface area contributed by atoms with Crippen molar-refractivity contribution in [1.82, 2.24) is 14.9 Å². The van der Waals surface area contributed by atoms with Crippen molar-refractivity contribution in [2.75, 3.05) is 23.3 Å². The van der Waals surface area contributed by atoms with Crippen molar-refractivity contribution < 1.29 is 9.00 Å². The zero-order chi connectivity index (χ0) is 27.3. The van der Waals surface area contributed by atoms with Gasteiger partial charge in [0.25, 0.3) is 0 Å². The topological polar surface area (TPSA) is 78.4 Å². The summed E-state index contributed by atoms with van der Waals surface area (Å²) < 4.78 is 13.4. The van der Waals surface area contributed by atoms with Gasteiger partial charge in [0, 0.05) is 45.6 Å². The van der Waals surface area contributed by atoms with Gasteiger partial charge < -0.3 is 10.2 Å². The lowest BCUT2D eigenvalue weighted by molar-refractivity contribution is -0.122. The van der Waals surface area contributed by atoms with Crippen LogP contribution in [-0.2, 0) is 22.0 Å². The van der Waals surface area contributed by atoms with Crippen molar-refractivity contribution in [1.29, 1.82) is 0 Å². The molecule has 1 aromatic heterocycles. The van der Waals surface area contributed by atoms with Gasteiger partial charge in [0.1, 0.15) is 5.82 Å². The molecule has 3 heterocycles. The number of carbonyl (C=O) groups is 1. The van der Waals surface area contributed by atoms with Crippen molar-refractivity contribution in [3.63, 3.8) is 0 Å². The van der Waals surface area contributed by atoms with Gasteiger partial charge in [-0.05, 0) is 108 Å². The fourth-order valence-electron chi connectivity index (χ4n) is 7.28. The number of piperidine rings is 1. The summed E-state index contributed by atoms with van der Waals surface area (Å²) in [5, 5.41) is 3.64. The van der Waals surface area contributed by atoms with E-state index in [0.717, 1.165) is 53.2 Å². The molecule has 2 aliphatic carbocycles. The molecule has 1 amide bonds. The van der Waals surface area contributed by atoms with E-state index in [2.05, 4.69) is 35.1 Å². The summed E-state index contributed by atoms with van der Waals surface area (Å²) in [4.78, 5) is 28.0. The third-order valence-corrected chi connectivity index (χ3v) is 11.5. The minimum atomic E-state index is -0.984. The predicted molar refractivity (Wildman–Crippen MR) is 157 cm³/mol. The van der Waals surface area contributed by atoms with E-state index in [4.69, 9.17) is 4.98 Å². The number of amides is 1. The molecule has 39 heavy (non-hydrogen) atoms. The number of anilines is 3. The van der Waals surface area contributed by atoms with Gasteiger partial charge in [-0.1, -0.05) is 19.8 Å². The van der Waals surface area contributed by atoms with Gasteiger partial charge >= 0.3 is 0 Å². The van der Waals surface area contributed by atoms with E-state index < -0.39 is 10.8 Å². The van der Waals surface area contributed by atoms with Crippen molar-refractivity contribution in [2.24, 2.45) is 11.3 Å². The second-order valence-electron chi connectivity index (χ2n) is 12.9. The van der Waals surface area contributed by atoms with Crippen LogP contribution in [0.2, 0.25) is 0 Å². The summed E-state index contributed by atoms with van der Waals surface area (Å²) in [6.07, 6.45) is 11.6. The van der Waals surface area contributed by atoms with Gasteiger partial charge in [-0.25, -0.2) is 4.98 Å². The van der Waals surface area contributed by atoms with Crippen LogP contribution in [0.3, 0.4) is 0 Å². The summed E-state index contributed by atoms with van der Waals surface area (Å²) in [6.45, 7) is 11.0. The van der Waals surface area contributed by atoms with Crippen molar-refractivity contribution in [3.8, 4) is 0 Å². The van der Waals surface area contributed by atoms with Gasteiger partial charge in [0.15, 0.2) is 0 Å². The summed E-state index contributed by atoms with van der Waals surface area (Å²) >= 11 is 0. The molecule has 3 fully saturated rings. The molecule has 1 spiro atoms. The SMILES string of the molecule is Cc1cc(S(=O)C2CC3(CCN(C(C)C)CC3)C2)ccc1Nc1ncc2c(n1)N(C1CCCC1)C(=O)C(C)C2. The van der Waals surface area contributed by atoms with Crippen molar-refractivity contribution in [3.05, 3.63) is 35.5 Å². The summed E-state index contributed by atoms with van der Waals surface area (Å²) in [5.41, 5.74) is 3.40. The van der Waals surface area contributed by atoms with Gasteiger partial charge in [-0.2, -0.15) is 4.98 Å². The Morgan fingerprint density at radius 1 is 1.13 bits per heavy atom. The van der Waals surface area contributed by atoms with Gasteiger partial charge in [0.2, 0.25) is 11.9 Å². The Labute approximate surface area is 235 Å². The Morgan fingerprint density at radius 2 is 1.85 bits per heavy atom. The van der Waals surface area contributed by atoms with E-state index >= 15 is 0 Å². The number of nitrogens with one attached hydrogen (secondary N) is 1. The first-order valence-electron chi connectivity index (χ1n) is 14.9. The number of benzene rings is 1. The smallest absolute Gasteiger partial charge is 0.231 e. The lowest BCUT2D eigenvalue weighted by Crippen LogP contribution is -2.51. The number of aromatic nitrogens is 2. The number of carbonyl (C=O) groups excluding carboxylic acids is 1. The fraction of sp³-hybridized carbons (Fsp3) is 0.645. The molecule has 8 heteroatoms. The van der Waals surface area contributed by atoms with Gasteiger partial charge in [0.05, 0.1) is 10.8 Å². The second kappa shape index (κ2) is 10.6. The molecule has 2 unspecified atom stereocenters. The Kier molecular flexibility index (Phi) is 7.29. The highest BCUT2D eigenvalue weighted by atomic mass is 32.2. The number of rotatable bonds is 6. The minimum absolute atomic E-state index is 0.0328. The second-order valence-corrected chi connectivity index (χ2v) is 14.6. The molecule has 0 radical (unpaired) electrons. The van der Waals surface area contributed by atoms with Crippen LogP contribution >= 0.6 is 0 Å². The molecule has 1 N–H and O–H groups in total. The zero-order valence-electron chi connectivity index (χ0n) is 23.9. The number of hydrogen-bond donors (Lipinski definition) is 1. The fourth-order valence-corrected chi connectivity index (χ4v) is 9.17. The van der Waals surface area contributed by atoms with Gasteiger partial charge in [-0.3, -0.25) is 13.9 Å². The largest absolute Gasteiger partial charge is 0.324 e. The third kappa shape index (κ3) is 5.15. The molecule has 2 aliphatic heterocycles. The molecule has 1 aromatic carbocycles. The highest BCUT2D eigenvalue weighted by molar-refractivity contribution is 7.85. The zero-order valence-corrected chi connectivity index (χ0v) is 24.7. The maximum atomic E-state index is 13.4. The molecule has 2 atom stereocenters. The predicted octanol–water partition coefficient (Wildman–Crippen LogP) is 5.76. The number of aryl methyl sites for hydroxylation is 1. The summed E-state index contributed by atoms with van der Waals surface area (Å²) in [6, 6.07) is 6.91. The maximum Gasteiger partial charge on any atom is 0.231 e. The first kappa shape index (κ1) is 26.9. The first-order chi connectivity index (χ1) is 18.7. The lowest BCUT2D eigenvalue weighted by atomic mass is 9.63. The van der Waals surface area contributed by atoms with E-state index in [-0.39, 0.29) is 23.1 Å². The van der Waals surface area contributed by atoms with Crippen LogP contribution in [0.4, 0.5) is 17.5 Å². The quantitative estimate of drug-likeness (QED) is 0.494. The molecule has 4 aliphatic rings. The summed E-state index contributed by atoms with van der Waals surface area (Å²) in [5.74, 6) is 1.43. The Bertz CT molecular complexity index is 1260. The van der Waals surface area contributed by atoms with E-state index in [1.807, 2.05) is 37.1 Å². The highest BCUT2D eigenvalue weighted by Gasteiger charge is 2.48. The first-order valence-corrected chi connectivity index (χ1v) is 16.2. The third-order valence-electron chi connectivity index (χ3n) is 9.83. The van der Waals surface area contributed by atoms with E-state index in [0.29, 0.717) is 23.8 Å². The van der Waals surface area contributed by atoms with Crippen molar-refractivity contribution in [2.45, 2.75) is 108 Å². The molecular weight excluding hydrogens is 506 g/mol. The molecule has 0 bridgehead atoms. The monoisotopic (exact) mass is 549 g/mol. The van der Waals surface area contributed by atoms with Crippen LogP contribution in [-0.4, -0.2) is 55.4 Å². The highest BCUT2D eigenvalue weighted by Crippen LogP contribution is 2.52. The Balaban J connectivity index is 1.13. The molecule has 2 aromatic rings. The van der Waals surface area contributed by atoms with Crippen LogP contribution in [0.5, 0.6) is 0 Å². The standard InChI is InChI=1S/C31H43N5O2S/c1-20(2)35-13-11-31(12-14-35)17-26(18-31)39(38)25-9-10-27(21(3)16-25)33-30-32-19-23-15-22(4)29(37)36(28(23)34-30)24-7-5-6-8-24/h9-10,16,19-20,22,24,26H,5-8,11-15,17-18H2,1-4H3,(H,32,33,34). The summed E-state index contributed by atoms with van der Waals surface area (Å²) in [7, 11) is -0.984. The average Bonchev–Trinajstić information content (AvgIpc) is 3.43. The number of nitrogens with zero attached hydrogens (tertiary/aromatic N) is 4. The number of fused-ring (bicyclic) bond motifs is 1. The lowest BCUT2D eigenvalue weighted by Gasteiger charge is -2.52. The average molecular weight is 550 g/mol. The number of likely N-dealkylation sites (tertiary alicyclic amines) is 1. The van der Waals surface area contributed by atoms with Gasteiger partial charge in [-0.15, -0.1) is 0 Å². The minimum Gasteiger partial charge on any atom is -0.324 e. The van der Waals surface area contributed by atoms with Crippen LogP contribution in [0, 0.1) is 18.3 Å². The molecule has 2 saturated carbocycles. The van der Waals surface area contributed by atoms with Crippen LogP contribution < -0.4 is 10.2 Å². The van der Waals surface area contributed by atoms with E-state index in [9.17, 15) is 9.00 Å². The maximum absolute atomic E-state index is 13.4.